The Morgan fingerprint density at radius 1 is 0.963 bits per heavy atom. The Bertz CT molecular complexity index is 666. The molecule has 2 atom stereocenters. The molecule has 1 fully saturated rings. The van der Waals surface area contributed by atoms with E-state index in [1.807, 2.05) is 18.2 Å². The minimum Gasteiger partial charge on any atom is -0.393 e. The maximum absolute atomic E-state index is 10.4. The van der Waals surface area contributed by atoms with Crippen LogP contribution in [-0.2, 0) is 4.74 Å². The van der Waals surface area contributed by atoms with Crippen LogP contribution in [0.2, 0.25) is 0 Å². The first-order valence-corrected chi connectivity index (χ1v) is 9.94. The summed E-state index contributed by atoms with van der Waals surface area (Å²) in [6.07, 6.45) is 2.70. The first-order valence-electron chi connectivity index (χ1n) is 9.94. The van der Waals surface area contributed by atoms with Crippen LogP contribution in [0.3, 0.4) is 0 Å². The summed E-state index contributed by atoms with van der Waals surface area (Å²) in [5.41, 5.74) is 3.39. The number of hydrogen-bond donors (Lipinski definition) is 3. The monoisotopic (exact) mass is 369 g/mol. The van der Waals surface area contributed by atoms with Gasteiger partial charge in [0.15, 0.2) is 0 Å². The minimum absolute atomic E-state index is 0.155. The van der Waals surface area contributed by atoms with Crippen LogP contribution in [0.4, 0.5) is 0 Å². The number of nitrogens with one attached hydrogen (secondary N) is 1. The van der Waals surface area contributed by atoms with E-state index in [2.05, 4.69) is 48.6 Å². The fourth-order valence-corrected chi connectivity index (χ4v) is 3.60. The maximum atomic E-state index is 10.4. The molecule has 0 bridgehead atoms. The Kier molecular flexibility index (Phi) is 7.41. The predicted octanol–water partition coefficient (Wildman–Crippen LogP) is 3.36. The molecule has 0 saturated heterocycles. The summed E-state index contributed by atoms with van der Waals surface area (Å²) in [5, 5.41) is 23.4. The smallest absolute Gasteiger partial charge is 0.108 e. The first-order chi connectivity index (χ1) is 13.1. The molecule has 1 aliphatic rings. The van der Waals surface area contributed by atoms with Gasteiger partial charge in [-0.25, -0.2) is 0 Å². The van der Waals surface area contributed by atoms with Crippen molar-refractivity contribution in [3.63, 3.8) is 0 Å². The second-order valence-corrected chi connectivity index (χ2v) is 7.60. The molecule has 1 saturated carbocycles. The van der Waals surface area contributed by atoms with Gasteiger partial charge in [0.25, 0.3) is 0 Å². The molecule has 27 heavy (non-hydrogen) atoms. The van der Waals surface area contributed by atoms with E-state index in [1.165, 1.54) is 5.56 Å². The summed E-state index contributed by atoms with van der Waals surface area (Å²) in [4.78, 5) is 0. The van der Waals surface area contributed by atoms with Crippen LogP contribution in [0, 0.1) is 6.92 Å². The molecule has 0 spiro atoms. The summed E-state index contributed by atoms with van der Waals surface area (Å²) < 4.78 is 6.14. The molecule has 2 aromatic carbocycles. The highest BCUT2D eigenvalue weighted by Gasteiger charge is 2.21. The van der Waals surface area contributed by atoms with Crippen LogP contribution in [0.5, 0.6) is 0 Å². The van der Waals surface area contributed by atoms with Crippen LogP contribution < -0.4 is 5.32 Å². The lowest BCUT2D eigenvalue weighted by molar-refractivity contribution is 0.00448. The Labute approximate surface area is 162 Å². The number of benzene rings is 2. The highest BCUT2D eigenvalue weighted by molar-refractivity contribution is 5.31. The maximum Gasteiger partial charge on any atom is 0.108 e. The van der Waals surface area contributed by atoms with E-state index in [0.29, 0.717) is 12.6 Å². The van der Waals surface area contributed by atoms with Gasteiger partial charge >= 0.3 is 0 Å². The van der Waals surface area contributed by atoms with E-state index in [9.17, 15) is 10.2 Å². The molecule has 0 unspecified atom stereocenters. The fourth-order valence-electron chi connectivity index (χ4n) is 3.60. The molecule has 0 aliphatic heterocycles. The number of aliphatic hydroxyl groups excluding tert-OH is 2. The molecule has 3 N–H and O–H groups in total. The predicted molar refractivity (Wildman–Crippen MR) is 108 cm³/mol. The summed E-state index contributed by atoms with van der Waals surface area (Å²) in [5.74, 6) is 0. The quantitative estimate of drug-likeness (QED) is 0.668. The van der Waals surface area contributed by atoms with E-state index < -0.39 is 6.10 Å². The molecule has 3 rings (SSSR count). The van der Waals surface area contributed by atoms with Gasteiger partial charge in [-0.2, -0.15) is 0 Å². The third-order valence-corrected chi connectivity index (χ3v) is 5.28. The average molecular weight is 370 g/mol. The van der Waals surface area contributed by atoms with E-state index in [-0.39, 0.29) is 18.8 Å². The average Bonchev–Trinajstić information content (AvgIpc) is 2.70. The number of hydrogen-bond acceptors (Lipinski definition) is 4. The molecule has 1 aliphatic carbocycles. The Morgan fingerprint density at radius 2 is 1.59 bits per heavy atom. The van der Waals surface area contributed by atoms with E-state index in [4.69, 9.17) is 4.74 Å². The van der Waals surface area contributed by atoms with Gasteiger partial charge in [-0.05, 0) is 43.7 Å². The molecule has 146 valence electrons. The summed E-state index contributed by atoms with van der Waals surface area (Å²) in [6.45, 7) is 2.85. The second-order valence-electron chi connectivity index (χ2n) is 7.60. The Morgan fingerprint density at radius 3 is 2.26 bits per heavy atom. The SMILES string of the molecule is Cc1ccc([C@H](OC[C@@H](O)CNC2CCC(O)CC2)c2ccccc2)cc1. The van der Waals surface area contributed by atoms with Crippen LogP contribution in [0.25, 0.3) is 0 Å². The van der Waals surface area contributed by atoms with Gasteiger partial charge in [0.05, 0.1) is 18.8 Å². The third kappa shape index (κ3) is 6.15. The van der Waals surface area contributed by atoms with Gasteiger partial charge in [0.2, 0.25) is 0 Å². The number of ether oxygens (including phenoxy) is 1. The molecule has 0 heterocycles. The lowest BCUT2D eigenvalue weighted by Crippen LogP contribution is -2.40. The highest BCUT2D eigenvalue weighted by atomic mass is 16.5. The first kappa shape index (κ1) is 20.0. The summed E-state index contributed by atoms with van der Waals surface area (Å²) in [7, 11) is 0. The lowest BCUT2D eigenvalue weighted by atomic mass is 9.93. The fraction of sp³-hybridized carbons (Fsp3) is 0.478. The van der Waals surface area contributed by atoms with E-state index in [0.717, 1.165) is 36.8 Å². The topological polar surface area (TPSA) is 61.7 Å². The van der Waals surface area contributed by atoms with Gasteiger partial charge in [0.1, 0.15) is 6.10 Å². The minimum atomic E-state index is -0.562. The van der Waals surface area contributed by atoms with Crippen molar-refractivity contribution in [3.05, 3.63) is 71.3 Å². The molecule has 0 aromatic heterocycles. The van der Waals surface area contributed by atoms with Crippen LogP contribution in [-0.4, -0.2) is 41.6 Å². The van der Waals surface area contributed by atoms with Crippen molar-refractivity contribution in [3.8, 4) is 0 Å². The molecule has 0 amide bonds. The van der Waals surface area contributed by atoms with Crippen LogP contribution in [0.15, 0.2) is 54.6 Å². The van der Waals surface area contributed by atoms with Crippen molar-refractivity contribution in [2.24, 2.45) is 0 Å². The lowest BCUT2D eigenvalue weighted by Gasteiger charge is -2.27. The standard InChI is InChI=1S/C23H31NO3/c1-17-7-9-19(10-8-17)23(18-5-3-2-4-6-18)27-16-22(26)15-24-20-11-13-21(25)14-12-20/h2-10,20-26H,11-16H2,1H3/t20?,21?,22-,23+/m0/s1. The van der Waals surface area contributed by atoms with Gasteiger partial charge in [-0.1, -0.05) is 60.2 Å². The van der Waals surface area contributed by atoms with Gasteiger partial charge < -0.3 is 20.3 Å². The van der Waals surface area contributed by atoms with Crippen molar-refractivity contribution in [1.82, 2.24) is 5.32 Å². The zero-order valence-corrected chi connectivity index (χ0v) is 16.1. The molecule has 4 nitrogen and oxygen atoms in total. The van der Waals surface area contributed by atoms with Crippen molar-refractivity contribution < 1.29 is 14.9 Å². The van der Waals surface area contributed by atoms with Crippen molar-refractivity contribution in [2.45, 2.75) is 57.0 Å². The van der Waals surface area contributed by atoms with E-state index in [1.54, 1.807) is 0 Å². The van der Waals surface area contributed by atoms with Crippen molar-refractivity contribution >= 4 is 0 Å². The van der Waals surface area contributed by atoms with Crippen molar-refractivity contribution in [2.75, 3.05) is 13.2 Å². The normalized spacial score (nSPS) is 22.3. The van der Waals surface area contributed by atoms with Gasteiger partial charge in [-0.3, -0.25) is 0 Å². The zero-order valence-electron chi connectivity index (χ0n) is 16.1. The molecule has 4 heteroatoms. The van der Waals surface area contributed by atoms with Crippen LogP contribution >= 0.6 is 0 Å². The molecular weight excluding hydrogens is 338 g/mol. The second kappa shape index (κ2) is 10.00. The largest absolute Gasteiger partial charge is 0.393 e. The molecule has 2 aromatic rings. The highest BCUT2D eigenvalue weighted by Crippen LogP contribution is 2.26. The van der Waals surface area contributed by atoms with Crippen LogP contribution in [0.1, 0.15) is 48.5 Å². The van der Waals surface area contributed by atoms with E-state index >= 15 is 0 Å². The molecule has 0 radical (unpaired) electrons. The third-order valence-electron chi connectivity index (χ3n) is 5.28. The Balaban J connectivity index is 1.55. The number of aliphatic hydroxyl groups is 2. The molecular formula is C23H31NO3. The van der Waals surface area contributed by atoms with Gasteiger partial charge in [0, 0.05) is 12.6 Å². The number of aryl methyl sites for hydroxylation is 1. The summed E-state index contributed by atoms with van der Waals surface area (Å²) in [6, 6.07) is 18.9. The zero-order chi connectivity index (χ0) is 19.1. The Hall–Kier alpha value is -1.72. The van der Waals surface area contributed by atoms with Crippen molar-refractivity contribution in [1.29, 1.82) is 0 Å². The van der Waals surface area contributed by atoms with Gasteiger partial charge in [-0.15, -0.1) is 0 Å². The number of rotatable bonds is 8. The summed E-state index contributed by atoms with van der Waals surface area (Å²) >= 11 is 0.